The molecule has 0 radical (unpaired) electrons. The predicted octanol–water partition coefficient (Wildman–Crippen LogP) is -0.455. The van der Waals surface area contributed by atoms with E-state index in [1.54, 1.807) is 13.8 Å². The summed E-state index contributed by atoms with van der Waals surface area (Å²) in [6.45, 7) is 7.00. The number of hydrogen-bond acceptors (Lipinski definition) is 5. The maximum Gasteiger partial charge on any atom is 0.326 e. The first-order valence-electron chi connectivity index (χ1n) is 7.76. The number of aliphatic carboxylic acids is 2. The van der Waals surface area contributed by atoms with Crippen LogP contribution in [0.3, 0.4) is 0 Å². The van der Waals surface area contributed by atoms with Gasteiger partial charge in [-0.25, -0.2) is 4.79 Å². The standard InChI is InChI=1S/C15H27N3O6/c1-7(2)5-10(15(23)24)17-14(22)12(8(3)4)18-13(21)9(16)6-11(19)20/h7-10,12H,5-6,16H2,1-4H3,(H,17,22)(H,18,21)(H,19,20)(H,23,24)/t9-,10-,12-/m0/s1. The van der Waals surface area contributed by atoms with Crippen LogP contribution in [0.4, 0.5) is 0 Å². The topological polar surface area (TPSA) is 159 Å². The average molecular weight is 345 g/mol. The van der Waals surface area contributed by atoms with Crippen LogP contribution in [0.5, 0.6) is 0 Å². The maximum absolute atomic E-state index is 12.3. The van der Waals surface area contributed by atoms with Crippen molar-refractivity contribution < 1.29 is 29.4 Å². The van der Waals surface area contributed by atoms with Crippen LogP contribution in [0, 0.1) is 11.8 Å². The highest BCUT2D eigenvalue weighted by molar-refractivity contribution is 5.93. The molecule has 2 amide bonds. The molecule has 0 heterocycles. The van der Waals surface area contributed by atoms with Crippen LogP contribution < -0.4 is 16.4 Å². The van der Waals surface area contributed by atoms with Gasteiger partial charge in [0.25, 0.3) is 0 Å². The Hall–Kier alpha value is -2.16. The molecular formula is C15H27N3O6. The fourth-order valence-corrected chi connectivity index (χ4v) is 2.03. The third kappa shape index (κ3) is 7.91. The summed E-state index contributed by atoms with van der Waals surface area (Å²) in [6.07, 6.45) is -0.318. The third-order valence-electron chi connectivity index (χ3n) is 3.30. The second kappa shape index (κ2) is 9.86. The Bertz CT molecular complexity index is 478. The van der Waals surface area contributed by atoms with E-state index in [0.29, 0.717) is 0 Å². The Morgan fingerprint density at radius 1 is 0.958 bits per heavy atom. The number of rotatable bonds is 10. The zero-order chi connectivity index (χ0) is 19.0. The van der Waals surface area contributed by atoms with Gasteiger partial charge in [0.05, 0.1) is 12.5 Å². The Morgan fingerprint density at radius 2 is 1.50 bits per heavy atom. The molecule has 9 nitrogen and oxygen atoms in total. The summed E-state index contributed by atoms with van der Waals surface area (Å²) >= 11 is 0. The molecule has 9 heteroatoms. The summed E-state index contributed by atoms with van der Waals surface area (Å²) in [4.78, 5) is 46.0. The molecule has 0 bridgehead atoms. The first-order valence-corrected chi connectivity index (χ1v) is 7.76. The van der Waals surface area contributed by atoms with E-state index in [1.807, 2.05) is 13.8 Å². The number of amides is 2. The molecule has 6 N–H and O–H groups in total. The summed E-state index contributed by atoms with van der Waals surface area (Å²) < 4.78 is 0. The molecule has 24 heavy (non-hydrogen) atoms. The summed E-state index contributed by atoms with van der Waals surface area (Å²) in [6, 6.07) is -3.36. The predicted molar refractivity (Wildman–Crippen MR) is 86.0 cm³/mol. The lowest BCUT2D eigenvalue weighted by Gasteiger charge is -2.25. The molecule has 0 aliphatic heterocycles. The summed E-state index contributed by atoms with van der Waals surface area (Å²) in [5.41, 5.74) is 5.46. The van der Waals surface area contributed by atoms with Gasteiger partial charge in [-0.3, -0.25) is 14.4 Å². The highest BCUT2D eigenvalue weighted by Gasteiger charge is 2.30. The van der Waals surface area contributed by atoms with Gasteiger partial charge in [0, 0.05) is 0 Å². The minimum Gasteiger partial charge on any atom is -0.481 e. The van der Waals surface area contributed by atoms with Gasteiger partial charge in [0.1, 0.15) is 12.1 Å². The van der Waals surface area contributed by atoms with Crippen LogP contribution >= 0.6 is 0 Å². The lowest BCUT2D eigenvalue weighted by Crippen LogP contribution is -2.56. The minimum absolute atomic E-state index is 0.0579. The lowest BCUT2D eigenvalue weighted by atomic mass is 10.00. The van der Waals surface area contributed by atoms with Crippen LogP contribution in [0.25, 0.3) is 0 Å². The monoisotopic (exact) mass is 345 g/mol. The van der Waals surface area contributed by atoms with Crippen LogP contribution in [0.1, 0.15) is 40.5 Å². The Morgan fingerprint density at radius 3 is 1.88 bits per heavy atom. The summed E-state index contributed by atoms with van der Waals surface area (Å²) in [5.74, 6) is -4.09. The fourth-order valence-electron chi connectivity index (χ4n) is 2.03. The molecule has 0 saturated heterocycles. The van der Waals surface area contributed by atoms with Gasteiger partial charge >= 0.3 is 11.9 Å². The number of nitrogens with two attached hydrogens (primary N) is 1. The molecule has 0 spiro atoms. The Labute approximate surface area is 141 Å². The SMILES string of the molecule is CC(C)C[C@H](NC(=O)[C@@H](NC(=O)[C@@H](N)CC(=O)O)C(C)C)C(=O)O. The zero-order valence-electron chi connectivity index (χ0n) is 14.4. The van der Waals surface area contributed by atoms with Crippen molar-refractivity contribution in [2.24, 2.45) is 17.6 Å². The van der Waals surface area contributed by atoms with E-state index in [9.17, 15) is 24.3 Å². The van der Waals surface area contributed by atoms with Crippen molar-refractivity contribution in [2.45, 2.75) is 58.7 Å². The number of carbonyl (C=O) groups is 4. The molecule has 0 fully saturated rings. The van der Waals surface area contributed by atoms with Crippen LogP contribution in [0.15, 0.2) is 0 Å². The maximum atomic E-state index is 12.3. The van der Waals surface area contributed by atoms with Gasteiger partial charge in [-0.05, 0) is 18.3 Å². The highest BCUT2D eigenvalue weighted by atomic mass is 16.4. The number of hydrogen-bond donors (Lipinski definition) is 5. The molecule has 3 atom stereocenters. The second-order valence-corrected chi connectivity index (χ2v) is 6.46. The molecule has 0 aliphatic rings. The molecule has 0 aromatic heterocycles. The highest BCUT2D eigenvalue weighted by Crippen LogP contribution is 2.08. The van der Waals surface area contributed by atoms with E-state index >= 15 is 0 Å². The number of nitrogens with one attached hydrogen (secondary N) is 2. The molecule has 0 rings (SSSR count). The van der Waals surface area contributed by atoms with Gasteiger partial charge in [0.2, 0.25) is 11.8 Å². The molecule has 0 aromatic carbocycles. The van der Waals surface area contributed by atoms with E-state index < -0.39 is 48.3 Å². The van der Waals surface area contributed by atoms with Crippen molar-refractivity contribution in [2.75, 3.05) is 0 Å². The van der Waals surface area contributed by atoms with Crippen molar-refractivity contribution in [3.8, 4) is 0 Å². The van der Waals surface area contributed by atoms with E-state index in [0.717, 1.165) is 0 Å². The molecule has 0 saturated carbocycles. The van der Waals surface area contributed by atoms with Crippen LogP contribution in [-0.2, 0) is 19.2 Å². The first kappa shape index (κ1) is 21.8. The molecular weight excluding hydrogens is 318 g/mol. The normalized spacial score (nSPS) is 14.8. The smallest absolute Gasteiger partial charge is 0.326 e. The zero-order valence-corrected chi connectivity index (χ0v) is 14.4. The number of carbonyl (C=O) groups excluding carboxylic acids is 2. The third-order valence-corrected chi connectivity index (χ3v) is 3.30. The van der Waals surface area contributed by atoms with E-state index in [2.05, 4.69) is 10.6 Å². The van der Waals surface area contributed by atoms with Gasteiger partial charge in [-0.2, -0.15) is 0 Å². The average Bonchev–Trinajstić information content (AvgIpc) is 2.41. The summed E-state index contributed by atoms with van der Waals surface area (Å²) in [7, 11) is 0. The second-order valence-electron chi connectivity index (χ2n) is 6.46. The fraction of sp³-hybridized carbons (Fsp3) is 0.733. The van der Waals surface area contributed by atoms with E-state index in [-0.39, 0.29) is 18.3 Å². The first-order chi connectivity index (χ1) is 11.0. The lowest BCUT2D eigenvalue weighted by molar-refractivity contribution is -0.143. The van der Waals surface area contributed by atoms with Crippen molar-refractivity contribution >= 4 is 23.8 Å². The molecule has 138 valence electrons. The van der Waals surface area contributed by atoms with Crippen molar-refractivity contribution in [3.05, 3.63) is 0 Å². The Balaban J connectivity index is 4.97. The van der Waals surface area contributed by atoms with Crippen molar-refractivity contribution in [1.82, 2.24) is 10.6 Å². The van der Waals surface area contributed by atoms with Crippen LogP contribution in [0.2, 0.25) is 0 Å². The summed E-state index contributed by atoms with van der Waals surface area (Å²) in [5, 5.41) is 22.6. The Kier molecular flexibility index (Phi) is 8.97. The molecule has 0 aromatic rings. The van der Waals surface area contributed by atoms with Gasteiger partial charge in [-0.15, -0.1) is 0 Å². The van der Waals surface area contributed by atoms with Gasteiger partial charge < -0.3 is 26.6 Å². The largest absolute Gasteiger partial charge is 0.481 e. The molecule has 0 unspecified atom stereocenters. The van der Waals surface area contributed by atoms with Crippen LogP contribution in [-0.4, -0.2) is 52.1 Å². The van der Waals surface area contributed by atoms with Crippen molar-refractivity contribution in [3.63, 3.8) is 0 Å². The van der Waals surface area contributed by atoms with Gasteiger partial charge in [0.15, 0.2) is 0 Å². The van der Waals surface area contributed by atoms with E-state index in [4.69, 9.17) is 10.8 Å². The van der Waals surface area contributed by atoms with E-state index in [1.165, 1.54) is 0 Å². The van der Waals surface area contributed by atoms with Crippen molar-refractivity contribution in [1.29, 1.82) is 0 Å². The quantitative estimate of drug-likeness (QED) is 0.358. The number of carboxylic acid groups (broad SMARTS) is 2. The molecule has 0 aliphatic carbocycles. The number of carboxylic acids is 2. The van der Waals surface area contributed by atoms with Gasteiger partial charge in [-0.1, -0.05) is 27.7 Å². The minimum atomic E-state index is -1.29.